The molecule has 1 aliphatic heterocycles. The van der Waals surface area contributed by atoms with Crippen molar-refractivity contribution in [3.63, 3.8) is 0 Å². The third kappa shape index (κ3) is 2.92. The lowest BCUT2D eigenvalue weighted by atomic mass is 10.0. The Balaban J connectivity index is 2.66. The van der Waals surface area contributed by atoms with E-state index in [0.29, 0.717) is 11.1 Å². The summed E-state index contributed by atoms with van der Waals surface area (Å²) in [5.41, 5.74) is 2.48. The van der Waals surface area contributed by atoms with Gasteiger partial charge in [-0.25, -0.2) is 0 Å². The Labute approximate surface area is 85.2 Å². The second-order valence-corrected chi connectivity index (χ2v) is 3.92. The van der Waals surface area contributed by atoms with Crippen molar-refractivity contribution in [3.05, 3.63) is 35.5 Å². The van der Waals surface area contributed by atoms with Gasteiger partial charge in [0.25, 0.3) is 0 Å². The molecule has 0 aromatic heterocycles. The van der Waals surface area contributed by atoms with Gasteiger partial charge in [-0.3, -0.25) is 0 Å². The number of allylic oxidation sites excluding steroid dienone is 2. The zero-order chi connectivity index (χ0) is 9.84. The normalized spacial score (nSPS) is 24.9. The van der Waals surface area contributed by atoms with Crippen LogP contribution in [0.2, 0.25) is 0 Å². The summed E-state index contributed by atoms with van der Waals surface area (Å²) >= 11 is 5.78. The summed E-state index contributed by atoms with van der Waals surface area (Å²) in [6.07, 6.45) is 5.07. The van der Waals surface area contributed by atoms with Crippen LogP contribution in [0.1, 0.15) is 26.2 Å². The summed E-state index contributed by atoms with van der Waals surface area (Å²) in [7, 11) is 0. The van der Waals surface area contributed by atoms with Crippen LogP contribution in [0.15, 0.2) is 35.5 Å². The molecule has 0 saturated carbocycles. The molecule has 0 aromatic rings. The minimum absolute atomic E-state index is 0.331. The first kappa shape index (κ1) is 10.4. The molecule has 1 saturated heterocycles. The van der Waals surface area contributed by atoms with Crippen LogP contribution in [0.4, 0.5) is 0 Å². The molecule has 0 aromatic carbocycles. The van der Waals surface area contributed by atoms with E-state index in [4.69, 9.17) is 11.6 Å². The maximum atomic E-state index is 5.78. The Bertz CT molecular complexity index is 253. The van der Waals surface area contributed by atoms with E-state index in [-0.39, 0.29) is 0 Å². The van der Waals surface area contributed by atoms with E-state index >= 15 is 0 Å². The Hall–Kier alpha value is -0.690. The standard InChI is InChI=1S/C11H16ClN/c1-4-5-10-7-9(3)13-11(10)6-8(2)12/h5,11,13H,2-4,6-7H2,1H3/b10-5+. The fourth-order valence-electron chi connectivity index (χ4n) is 1.64. The highest BCUT2D eigenvalue weighted by Crippen LogP contribution is 2.26. The average molecular weight is 198 g/mol. The first-order valence-electron chi connectivity index (χ1n) is 4.60. The maximum absolute atomic E-state index is 5.78. The summed E-state index contributed by atoms with van der Waals surface area (Å²) < 4.78 is 0. The lowest BCUT2D eigenvalue weighted by molar-refractivity contribution is 0.704. The summed E-state index contributed by atoms with van der Waals surface area (Å²) in [6.45, 7) is 9.77. The summed E-state index contributed by atoms with van der Waals surface area (Å²) in [6, 6.07) is 0.331. The van der Waals surface area contributed by atoms with Crippen molar-refractivity contribution >= 4 is 11.6 Å². The monoisotopic (exact) mass is 197 g/mol. The van der Waals surface area contributed by atoms with Crippen molar-refractivity contribution in [2.24, 2.45) is 0 Å². The van der Waals surface area contributed by atoms with Crippen molar-refractivity contribution in [3.8, 4) is 0 Å². The Morgan fingerprint density at radius 3 is 3.00 bits per heavy atom. The van der Waals surface area contributed by atoms with Crippen molar-refractivity contribution in [2.45, 2.75) is 32.2 Å². The third-order valence-corrected chi connectivity index (χ3v) is 2.29. The van der Waals surface area contributed by atoms with Crippen molar-refractivity contribution in [1.82, 2.24) is 5.32 Å². The van der Waals surface area contributed by atoms with Gasteiger partial charge in [0.2, 0.25) is 0 Å². The molecule has 1 atom stereocenters. The van der Waals surface area contributed by atoms with Gasteiger partial charge in [-0.15, -0.1) is 0 Å². The number of halogens is 1. The van der Waals surface area contributed by atoms with Crippen molar-refractivity contribution < 1.29 is 0 Å². The van der Waals surface area contributed by atoms with E-state index in [1.807, 2.05) is 0 Å². The number of nitrogens with one attached hydrogen (secondary N) is 1. The summed E-state index contributed by atoms with van der Waals surface area (Å²) in [4.78, 5) is 0. The Morgan fingerprint density at radius 2 is 2.46 bits per heavy atom. The van der Waals surface area contributed by atoms with Gasteiger partial charge in [-0.05, 0) is 12.0 Å². The van der Waals surface area contributed by atoms with Gasteiger partial charge >= 0.3 is 0 Å². The van der Waals surface area contributed by atoms with Gasteiger partial charge in [-0.1, -0.05) is 37.8 Å². The third-order valence-electron chi connectivity index (χ3n) is 2.14. The lowest BCUT2D eigenvalue weighted by Gasteiger charge is -2.11. The molecule has 1 nitrogen and oxygen atoms in total. The van der Waals surface area contributed by atoms with E-state index in [2.05, 4.69) is 31.5 Å². The van der Waals surface area contributed by atoms with Crippen LogP contribution in [-0.4, -0.2) is 6.04 Å². The molecule has 1 heterocycles. The molecule has 1 rings (SSSR count). The molecule has 2 heteroatoms. The smallest absolute Gasteiger partial charge is 0.0523 e. The topological polar surface area (TPSA) is 12.0 Å². The van der Waals surface area contributed by atoms with Gasteiger partial charge in [0.1, 0.15) is 0 Å². The SMILES string of the molecule is C=C(Cl)CC1NC(=C)C/C1=C\CC. The highest BCUT2D eigenvalue weighted by atomic mass is 35.5. The fourth-order valence-corrected chi connectivity index (χ4v) is 1.79. The molecular weight excluding hydrogens is 182 g/mol. The second kappa shape index (κ2) is 4.52. The van der Waals surface area contributed by atoms with E-state index in [1.54, 1.807) is 0 Å². The van der Waals surface area contributed by atoms with Crippen LogP contribution in [0, 0.1) is 0 Å². The van der Waals surface area contributed by atoms with E-state index in [9.17, 15) is 0 Å². The predicted molar refractivity (Wildman–Crippen MR) is 58.7 cm³/mol. The fraction of sp³-hybridized carbons (Fsp3) is 0.455. The first-order chi connectivity index (χ1) is 6.13. The molecule has 0 spiro atoms. The Kier molecular flexibility index (Phi) is 3.61. The zero-order valence-corrected chi connectivity index (χ0v) is 8.82. The van der Waals surface area contributed by atoms with E-state index in [1.165, 1.54) is 5.57 Å². The molecule has 1 unspecified atom stereocenters. The van der Waals surface area contributed by atoms with Crippen LogP contribution in [0.3, 0.4) is 0 Å². The minimum Gasteiger partial charge on any atom is -0.382 e. The summed E-state index contributed by atoms with van der Waals surface area (Å²) in [5, 5.41) is 4.02. The van der Waals surface area contributed by atoms with E-state index < -0.39 is 0 Å². The minimum atomic E-state index is 0.331. The van der Waals surface area contributed by atoms with Gasteiger partial charge in [0, 0.05) is 23.6 Å². The lowest BCUT2D eigenvalue weighted by Crippen LogP contribution is -2.21. The van der Waals surface area contributed by atoms with Crippen molar-refractivity contribution in [1.29, 1.82) is 0 Å². The largest absolute Gasteiger partial charge is 0.382 e. The molecule has 72 valence electrons. The Morgan fingerprint density at radius 1 is 1.77 bits per heavy atom. The molecular formula is C11H16ClN. The highest BCUT2D eigenvalue weighted by Gasteiger charge is 2.22. The molecule has 1 fully saturated rings. The van der Waals surface area contributed by atoms with E-state index in [0.717, 1.165) is 25.0 Å². The van der Waals surface area contributed by atoms with Crippen LogP contribution in [0.25, 0.3) is 0 Å². The van der Waals surface area contributed by atoms with Gasteiger partial charge in [0.05, 0.1) is 6.04 Å². The molecule has 0 bridgehead atoms. The predicted octanol–water partition coefficient (Wildman–Crippen LogP) is 3.34. The molecule has 0 radical (unpaired) electrons. The van der Waals surface area contributed by atoms with Crippen LogP contribution < -0.4 is 5.32 Å². The maximum Gasteiger partial charge on any atom is 0.0523 e. The molecule has 0 amide bonds. The van der Waals surface area contributed by atoms with Crippen LogP contribution in [0.5, 0.6) is 0 Å². The number of rotatable bonds is 3. The first-order valence-corrected chi connectivity index (χ1v) is 4.97. The van der Waals surface area contributed by atoms with Crippen molar-refractivity contribution in [2.75, 3.05) is 0 Å². The second-order valence-electron chi connectivity index (χ2n) is 3.39. The molecule has 1 N–H and O–H groups in total. The highest BCUT2D eigenvalue weighted by molar-refractivity contribution is 6.29. The average Bonchev–Trinajstić information content (AvgIpc) is 2.31. The molecule has 1 aliphatic rings. The van der Waals surface area contributed by atoms with Crippen LogP contribution in [-0.2, 0) is 0 Å². The number of hydrogen-bond donors (Lipinski definition) is 1. The summed E-state index contributed by atoms with van der Waals surface area (Å²) in [5.74, 6) is 0. The number of hydrogen-bond acceptors (Lipinski definition) is 1. The van der Waals surface area contributed by atoms with Gasteiger partial charge in [0.15, 0.2) is 0 Å². The van der Waals surface area contributed by atoms with Gasteiger partial charge < -0.3 is 5.32 Å². The molecule has 13 heavy (non-hydrogen) atoms. The molecule has 0 aliphatic carbocycles. The quantitative estimate of drug-likeness (QED) is 0.685. The zero-order valence-electron chi connectivity index (χ0n) is 8.07. The van der Waals surface area contributed by atoms with Gasteiger partial charge in [-0.2, -0.15) is 0 Å². The van der Waals surface area contributed by atoms with Crippen LogP contribution >= 0.6 is 11.6 Å².